The van der Waals surface area contributed by atoms with Crippen LogP contribution in [0.5, 0.6) is 0 Å². The van der Waals surface area contributed by atoms with Crippen LogP contribution in [0.15, 0.2) is 83.4 Å². The SMILES string of the molecule is CCCCCCCCCCCc1noc(-c2cccc(C(CC)N(Cc3cccc(-c4ccccc4)c3)C(=O)C(=O)O)c2)n1. The van der Waals surface area contributed by atoms with Crippen molar-refractivity contribution in [3.8, 4) is 22.6 Å². The molecule has 232 valence electrons. The number of amides is 1. The highest BCUT2D eigenvalue weighted by Crippen LogP contribution is 2.31. The molecule has 1 unspecified atom stereocenters. The minimum absolute atomic E-state index is 0.165. The lowest BCUT2D eigenvalue weighted by Crippen LogP contribution is -2.38. The lowest BCUT2D eigenvalue weighted by molar-refractivity contribution is -0.157. The number of rotatable bonds is 17. The molecule has 0 fully saturated rings. The Morgan fingerprint density at radius 3 is 2.14 bits per heavy atom. The van der Waals surface area contributed by atoms with E-state index in [2.05, 4.69) is 17.1 Å². The number of nitrogens with zero attached hydrogens (tertiary/aromatic N) is 3. The Balaban J connectivity index is 1.44. The van der Waals surface area contributed by atoms with Gasteiger partial charge in [0.15, 0.2) is 5.82 Å². The lowest BCUT2D eigenvalue weighted by Gasteiger charge is -2.30. The first-order valence-electron chi connectivity index (χ1n) is 16.1. The largest absolute Gasteiger partial charge is 0.474 e. The molecule has 7 nitrogen and oxygen atoms in total. The van der Waals surface area contributed by atoms with Gasteiger partial charge >= 0.3 is 11.9 Å². The Hall–Kier alpha value is -4.26. The van der Waals surface area contributed by atoms with E-state index in [0.29, 0.717) is 18.1 Å². The zero-order valence-corrected chi connectivity index (χ0v) is 26.1. The average Bonchev–Trinajstić information content (AvgIpc) is 3.53. The van der Waals surface area contributed by atoms with E-state index in [0.717, 1.165) is 47.1 Å². The van der Waals surface area contributed by atoms with Gasteiger partial charge in [-0.1, -0.05) is 131 Å². The van der Waals surface area contributed by atoms with Crippen molar-refractivity contribution in [3.63, 3.8) is 0 Å². The van der Waals surface area contributed by atoms with E-state index in [-0.39, 0.29) is 6.54 Å². The molecule has 44 heavy (non-hydrogen) atoms. The van der Waals surface area contributed by atoms with E-state index in [9.17, 15) is 14.7 Å². The highest BCUT2D eigenvalue weighted by Gasteiger charge is 2.29. The van der Waals surface area contributed by atoms with Gasteiger partial charge < -0.3 is 14.5 Å². The third-order valence-electron chi connectivity index (χ3n) is 8.08. The predicted octanol–water partition coefficient (Wildman–Crippen LogP) is 9.04. The van der Waals surface area contributed by atoms with Gasteiger partial charge in [0, 0.05) is 18.5 Å². The first-order chi connectivity index (χ1) is 21.5. The molecule has 4 aromatic rings. The molecule has 1 atom stereocenters. The Morgan fingerprint density at radius 1 is 0.773 bits per heavy atom. The number of hydrogen-bond donors (Lipinski definition) is 1. The standard InChI is InChI=1S/C37H45N3O4/c1-3-5-6-7-8-9-10-11-15-24-34-38-35(44-39-34)32-23-17-22-31(26-32)33(4-2)40(36(41)37(42)43)27-28-18-16-21-30(25-28)29-19-13-12-14-20-29/h12-14,16-23,25-26,33H,3-11,15,24,27H2,1-2H3,(H,42,43). The molecule has 0 bridgehead atoms. The normalized spacial score (nSPS) is 11.8. The fourth-order valence-corrected chi connectivity index (χ4v) is 5.70. The summed E-state index contributed by atoms with van der Waals surface area (Å²) >= 11 is 0. The molecule has 0 aliphatic heterocycles. The van der Waals surface area contributed by atoms with Gasteiger partial charge in [0.05, 0.1) is 6.04 Å². The van der Waals surface area contributed by atoms with Crippen LogP contribution in [0, 0.1) is 0 Å². The summed E-state index contributed by atoms with van der Waals surface area (Å²) in [6.07, 6.45) is 12.6. The van der Waals surface area contributed by atoms with Crippen LogP contribution in [0.2, 0.25) is 0 Å². The summed E-state index contributed by atoms with van der Waals surface area (Å²) in [6, 6.07) is 25.0. The van der Waals surface area contributed by atoms with Gasteiger partial charge in [-0.15, -0.1) is 0 Å². The summed E-state index contributed by atoms with van der Waals surface area (Å²) in [5, 5.41) is 13.9. The number of carbonyl (C=O) groups excluding carboxylic acids is 1. The molecular weight excluding hydrogens is 550 g/mol. The molecular formula is C37H45N3O4. The average molecular weight is 596 g/mol. The summed E-state index contributed by atoms with van der Waals surface area (Å²) in [7, 11) is 0. The van der Waals surface area contributed by atoms with Crippen molar-refractivity contribution in [2.24, 2.45) is 0 Å². The lowest BCUT2D eigenvalue weighted by atomic mass is 9.98. The maximum atomic E-state index is 13.0. The molecule has 0 saturated carbocycles. The number of aromatic nitrogens is 2. The Bertz CT molecular complexity index is 1470. The molecule has 0 aliphatic rings. The van der Waals surface area contributed by atoms with E-state index in [1.165, 1.54) is 49.8 Å². The zero-order chi connectivity index (χ0) is 31.1. The zero-order valence-electron chi connectivity index (χ0n) is 26.1. The van der Waals surface area contributed by atoms with E-state index >= 15 is 0 Å². The van der Waals surface area contributed by atoms with Crippen molar-refractivity contribution in [3.05, 3.63) is 95.8 Å². The number of unbranched alkanes of at least 4 members (excludes halogenated alkanes) is 8. The van der Waals surface area contributed by atoms with Gasteiger partial charge in [-0.05, 0) is 53.3 Å². The van der Waals surface area contributed by atoms with Crippen LogP contribution in [-0.4, -0.2) is 32.0 Å². The fourth-order valence-electron chi connectivity index (χ4n) is 5.70. The maximum absolute atomic E-state index is 13.0. The third kappa shape index (κ3) is 9.37. The quantitative estimate of drug-likeness (QED) is 0.0966. The van der Waals surface area contributed by atoms with Gasteiger partial charge in [-0.25, -0.2) is 4.79 Å². The van der Waals surface area contributed by atoms with Crippen LogP contribution in [0.1, 0.15) is 101 Å². The van der Waals surface area contributed by atoms with Crippen LogP contribution < -0.4 is 0 Å². The van der Waals surface area contributed by atoms with Crippen LogP contribution in [-0.2, 0) is 22.6 Å². The van der Waals surface area contributed by atoms with Crippen LogP contribution in [0.4, 0.5) is 0 Å². The number of carboxylic acid groups (broad SMARTS) is 1. The number of carbonyl (C=O) groups is 2. The minimum Gasteiger partial charge on any atom is -0.474 e. The number of benzene rings is 3. The fraction of sp³-hybridized carbons (Fsp3) is 0.405. The Kier molecular flexibility index (Phi) is 12.7. The smallest absolute Gasteiger partial charge is 0.394 e. The topological polar surface area (TPSA) is 96.5 Å². The van der Waals surface area contributed by atoms with Gasteiger partial charge in [-0.2, -0.15) is 4.98 Å². The minimum atomic E-state index is -1.48. The maximum Gasteiger partial charge on any atom is 0.394 e. The second kappa shape index (κ2) is 17.1. The molecule has 1 N–H and O–H groups in total. The summed E-state index contributed by atoms with van der Waals surface area (Å²) in [6.45, 7) is 4.36. The number of carboxylic acids is 1. The molecule has 0 radical (unpaired) electrons. The third-order valence-corrected chi connectivity index (χ3v) is 8.08. The van der Waals surface area contributed by atoms with Crippen molar-refractivity contribution in [2.45, 2.75) is 97.1 Å². The number of aryl methyl sites for hydroxylation is 1. The summed E-state index contributed by atoms with van der Waals surface area (Å²) < 4.78 is 5.61. The molecule has 4 rings (SSSR count). The molecule has 3 aromatic carbocycles. The van der Waals surface area contributed by atoms with Crippen molar-refractivity contribution in [1.29, 1.82) is 0 Å². The van der Waals surface area contributed by atoms with E-state index in [1.807, 2.05) is 85.8 Å². The molecule has 1 amide bonds. The first kappa shape index (κ1) is 32.6. The second-order valence-electron chi connectivity index (χ2n) is 11.4. The monoisotopic (exact) mass is 595 g/mol. The molecule has 0 spiro atoms. The molecule has 1 aromatic heterocycles. The van der Waals surface area contributed by atoms with Crippen LogP contribution in [0.3, 0.4) is 0 Å². The van der Waals surface area contributed by atoms with Crippen molar-refractivity contribution in [1.82, 2.24) is 15.0 Å². The van der Waals surface area contributed by atoms with E-state index in [4.69, 9.17) is 4.52 Å². The van der Waals surface area contributed by atoms with E-state index in [1.54, 1.807) is 0 Å². The summed E-state index contributed by atoms with van der Waals surface area (Å²) in [5.41, 5.74) is 4.49. The molecule has 0 aliphatic carbocycles. The number of hydrogen-bond acceptors (Lipinski definition) is 5. The highest BCUT2D eigenvalue weighted by molar-refractivity contribution is 6.31. The van der Waals surface area contributed by atoms with Crippen LogP contribution in [0.25, 0.3) is 22.6 Å². The van der Waals surface area contributed by atoms with E-state index < -0.39 is 17.9 Å². The first-order valence-corrected chi connectivity index (χ1v) is 16.1. The Morgan fingerprint density at radius 2 is 1.43 bits per heavy atom. The van der Waals surface area contributed by atoms with Gasteiger partial charge in [0.1, 0.15) is 0 Å². The van der Waals surface area contributed by atoms with Crippen molar-refractivity contribution >= 4 is 11.9 Å². The number of aliphatic carboxylic acids is 1. The van der Waals surface area contributed by atoms with Gasteiger partial charge in [0.25, 0.3) is 5.89 Å². The molecule has 1 heterocycles. The van der Waals surface area contributed by atoms with Crippen molar-refractivity contribution < 1.29 is 19.2 Å². The van der Waals surface area contributed by atoms with Crippen LogP contribution >= 0.6 is 0 Å². The summed E-state index contributed by atoms with van der Waals surface area (Å²) in [5.74, 6) is -1.29. The molecule has 7 heteroatoms. The molecule has 0 saturated heterocycles. The Labute approximate surface area is 261 Å². The second-order valence-corrected chi connectivity index (χ2v) is 11.4. The highest BCUT2D eigenvalue weighted by atomic mass is 16.5. The van der Waals surface area contributed by atoms with Crippen molar-refractivity contribution in [2.75, 3.05) is 0 Å². The van der Waals surface area contributed by atoms with Gasteiger partial charge in [0.2, 0.25) is 0 Å². The predicted molar refractivity (Wildman–Crippen MR) is 174 cm³/mol. The van der Waals surface area contributed by atoms with Gasteiger partial charge in [-0.3, -0.25) is 4.79 Å². The summed E-state index contributed by atoms with van der Waals surface area (Å²) in [4.78, 5) is 31.1.